The van der Waals surface area contributed by atoms with Crippen molar-refractivity contribution in [1.82, 2.24) is 4.57 Å². The molecule has 1 heterocycles. The Labute approximate surface area is 175 Å². The number of rotatable bonds is 4. The van der Waals surface area contributed by atoms with Gasteiger partial charge in [0.2, 0.25) is 5.75 Å². The smallest absolute Gasteiger partial charge is 0.416 e. The lowest BCUT2D eigenvalue weighted by atomic mass is 10.1. The number of halogens is 3. The topological polar surface area (TPSA) is 57.3 Å². The molecule has 0 unspecified atom stereocenters. The van der Waals surface area contributed by atoms with E-state index in [9.17, 15) is 23.3 Å². The molecule has 0 amide bonds. The lowest BCUT2D eigenvalue weighted by Crippen LogP contribution is -2.06. The van der Waals surface area contributed by atoms with Crippen LogP contribution in [0.2, 0.25) is 0 Å². The Morgan fingerprint density at radius 1 is 0.871 bits per heavy atom. The lowest BCUT2D eigenvalue weighted by molar-refractivity contribution is -0.385. The van der Waals surface area contributed by atoms with E-state index in [-0.39, 0.29) is 5.75 Å². The first-order valence-electron chi connectivity index (χ1n) is 9.37. The average Bonchev–Trinajstić information content (AvgIpc) is 3.05. The molecule has 1 aromatic heterocycles. The Hall–Kier alpha value is -3.81. The number of benzene rings is 3. The van der Waals surface area contributed by atoms with Gasteiger partial charge in [-0.1, -0.05) is 24.3 Å². The van der Waals surface area contributed by atoms with Gasteiger partial charge in [-0.05, 0) is 50.2 Å². The molecule has 4 aromatic rings. The Morgan fingerprint density at radius 3 is 2.16 bits per heavy atom. The Morgan fingerprint density at radius 2 is 1.52 bits per heavy atom. The fourth-order valence-electron chi connectivity index (χ4n) is 3.64. The molecule has 158 valence electrons. The van der Waals surface area contributed by atoms with Crippen molar-refractivity contribution < 1.29 is 22.8 Å². The van der Waals surface area contributed by atoms with Crippen LogP contribution in [0.3, 0.4) is 0 Å². The van der Waals surface area contributed by atoms with Gasteiger partial charge in [0.15, 0.2) is 0 Å². The number of nitrogens with zero attached hydrogens (tertiary/aromatic N) is 2. The minimum atomic E-state index is -4.69. The van der Waals surface area contributed by atoms with Gasteiger partial charge in [0.1, 0.15) is 5.75 Å². The predicted molar refractivity (Wildman–Crippen MR) is 111 cm³/mol. The molecule has 0 atom stereocenters. The van der Waals surface area contributed by atoms with Crippen molar-refractivity contribution in [2.45, 2.75) is 20.0 Å². The van der Waals surface area contributed by atoms with Crippen LogP contribution in [0.25, 0.3) is 16.5 Å². The molecule has 0 fully saturated rings. The summed E-state index contributed by atoms with van der Waals surface area (Å²) in [6.45, 7) is 3.97. The van der Waals surface area contributed by atoms with E-state index < -0.39 is 22.4 Å². The van der Waals surface area contributed by atoms with Crippen molar-refractivity contribution in [2.24, 2.45) is 0 Å². The number of aryl methyl sites for hydroxylation is 2. The first-order chi connectivity index (χ1) is 14.7. The molecule has 0 bridgehead atoms. The van der Waals surface area contributed by atoms with Gasteiger partial charge < -0.3 is 9.30 Å². The largest absolute Gasteiger partial charge is 0.449 e. The molecule has 0 aliphatic rings. The van der Waals surface area contributed by atoms with Gasteiger partial charge >= 0.3 is 11.9 Å². The van der Waals surface area contributed by atoms with Crippen molar-refractivity contribution in [2.75, 3.05) is 0 Å². The number of hydrogen-bond donors (Lipinski definition) is 0. The molecule has 31 heavy (non-hydrogen) atoms. The summed E-state index contributed by atoms with van der Waals surface area (Å²) in [5.74, 6) is 0.0499. The highest BCUT2D eigenvalue weighted by Crippen LogP contribution is 2.40. The predicted octanol–water partition coefficient (Wildman–Crippen LogP) is 6.97. The second-order valence-electron chi connectivity index (χ2n) is 7.12. The van der Waals surface area contributed by atoms with E-state index in [0.29, 0.717) is 17.2 Å². The van der Waals surface area contributed by atoms with Gasteiger partial charge in [0, 0.05) is 28.2 Å². The summed E-state index contributed by atoms with van der Waals surface area (Å²) in [4.78, 5) is 10.5. The summed E-state index contributed by atoms with van der Waals surface area (Å²) in [6, 6.07) is 17.1. The normalized spacial score (nSPS) is 11.6. The molecule has 0 aliphatic carbocycles. The highest BCUT2D eigenvalue weighted by Gasteiger charge is 2.33. The maximum atomic E-state index is 13.0. The SMILES string of the molecule is Cc1ccc(C)n1-c1cccc2c(Oc3ccc(C(F)(F)F)cc3[N+](=O)[O-])cccc12. The van der Waals surface area contributed by atoms with Crippen LogP contribution in [0.15, 0.2) is 66.7 Å². The van der Waals surface area contributed by atoms with Crippen LogP contribution in [0.5, 0.6) is 11.5 Å². The number of aromatic nitrogens is 1. The number of ether oxygens (including phenoxy) is 1. The quantitative estimate of drug-likeness (QED) is 0.262. The summed E-state index contributed by atoms with van der Waals surface area (Å²) < 4.78 is 46.8. The molecule has 4 rings (SSSR count). The summed E-state index contributed by atoms with van der Waals surface area (Å²) in [7, 11) is 0. The van der Waals surface area contributed by atoms with Crippen LogP contribution in [0.4, 0.5) is 18.9 Å². The number of nitro benzene ring substituents is 1. The average molecular weight is 426 g/mol. The van der Waals surface area contributed by atoms with Gasteiger partial charge in [-0.15, -0.1) is 0 Å². The number of fused-ring (bicyclic) bond motifs is 1. The maximum absolute atomic E-state index is 13.0. The Bertz CT molecular complexity index is 1290. The van der Waals surface area contributed by atoms with E-state index in [1.807, 2.05) is 44.2 Å². The fraction of sp³-hybridized carbons (Fsp3) is 0.130. The third-order valence-corrected chi connectivity index (χ3v) is 5.07. The van der Waals surface area contributed by atoms with Crippen molar-refractivity contribution >= 4 is 16.5 Å². The van der Waals surface area contributed by atoms with Crippen LogP contribution >= 0.6 is 0 Å². The van der Waals surface area contributed by atoms with E-state index in [0.717, 1.165) is 34.6 Å². The monoisotopic (exact) mass is 426 g/mol. The third-order valence-electron chi connectivity index (χ3n) is 5.07. The molecule has 0 radical (unpaired) electrons. The van der Waals surface area contributed by atoms with E-state index in [4.69, 9.17) is 4.74 Å². The molecule has 0 aliphatic heterocycles. The van der Waals surface area contributed by atoms with Gasteiger partial charge in [-0.2, -0.15) is 13.2 Å². The molecule has 0 saturated carbocycles. The minimum Gasteiger partial charge on any atom is -0.449 e. The van der Waals surface area contributed by atoms with Crippen molar-refractivity contribution in [3.8, 4) is 17.2 Å². The number of hydrogen-bond acceptors (Lipinski definition) is 3. The second kappa shape index (κ2) is 7.46. The molecular formula is C23H17F3N2O3. The zero-order valence-electron chi connectivity index (χ0n) is 16.6. The number of alkyl halides is 3. The Kier molecular flexibility index (Phi) is 4.93. The standard InChI is InChI=1S/C23H17F3N2O3/c1-14-9-10-15(2)27(14)19-7-3-6-18-17(19)5-4-8-21(18)31-22-12-11-16(23(24,25)26)13-20(22)28(29)30/h3-13H,1-2H3. The maximum Gasteiger partial charge on any atom is 0.416 e. The minimum absolute atomic E-state index is 0.260. The summed E-state index contributed by atoms with van der Waals surface area (Å²) in [5.41, 5.74) is 1.12. The summed E-state index contributed by atoms with van der Waals surface area (Å²) in [6.07, 6.45) is -4.69. The molecule has 3 aromatic carbocycles. The van der Waals surface area contributed by atoms with Gasteiger partial charge in [0.05, 0.1) is 16.2 Å². The highest BCUT2D eigenvalue weighted by molar-refractivity contribution is 5.95. The third kappa shape index (κ3) is 3.72. The molecule has 0 N–H and O–H groups in total. The van der Waals surface area contributed by atoms with Crippen LogP contribution in [0, 0.1) is 24.0 Å². The van der Waals surface area contributed by atoms with E-state index >= 15 is 0 Å². The number of nitro groups is 1. The molecular weight excluding hydrogens is 409 g/mol. The zero-order valence-corrected chi connectivity index (χ0v) is 16.6. The van der Waals surface area contributed by atoms with Crippen LogP contribution in [0.1, 0.15) is 17.0 Å². The lowest BCUT2D eigenvalue weighted by Gasteiger charge is -2.15. The molecule has 0 saturated heterocycles. The summed E-state index contributed by atoms with van der Waals surface area (Å²) in [5, 5.41) is 12.9. The van der Waals surface area contributed by atoms with Crippen LogP contribution in [-0.2, 0) is 6.18 Å². The van der Waals surface area contributed by atoms with Crippen molar-refractivity contribution in [3.63, 3.8) is 0 Å². The zero-order chi connectivity index (χ0) is 22.3. The van der Waals surface area contributed by atoms with Crippen molar-refractivity contribution in [1.29, 1.82) is 0 Å². The van der Waals surface area contributed by atoms with Gasteiger partial charge in [0.25, 0.3) is 0 Å². The fourth-order valence-corrected chi connectivity index (χ4v) is 3.64. The molecule has 8 heteroatoms. The first-order valence-corrected chi connectivity index (χ1v) is 9.37. The molecule has 0 spiro atoms. The molecule has 5 nitrogen and oxygen atoms in total. The van der Waals surface area contributed by atoms with Crippen LogP contribution < -0.4 is 4.74 Å². The van der Waals surface area contributed by atoms with Gasteiger partial charge in [-0.3, -0.25) is 10.1 Å². The Balaban J connectivity index is 1.84. The highest BCUT2D eigenvalue weighted by atomic mass is 19.4. The first kappa shape index (κ1) is 20.5. The second-order valence-corrected chi connectivity index (χ2v) is 7.12. The van der Waals surface area contributed by atoms with Crippen LogP contribution in [-0.4, -0.2) is 9.49 Å². The van der Waals surface area contributed by atoms with E-state index in [2.05, 4.69) is 4.57 Å². The van der Waals surface area contributed by atoms with Gasteiger partial charge in [-0.25, -0.2) is 0 Å². The van der Waals surface area contributed by atoms with E-state index in [1.54, 1.807) is 18.2 Å². The summed E-state index contributed by atoms with van der Waals surface area (Å²) >= 11 is 0. The van der Waals surface area contributed by atoms with E-state index in [1.165, 1.54) is 0 Å². The van der Waals surface area contributed by atoms with Crippen molar-refractivity contribution in [3.05, 3.63) is 93.8 Å².